The van der Waals surface area contributed by atoms with Crippen LogP contribution in [0.2, 0.25) is 0 Å². The van der Waals surface area contributed by atoms with Gasteiger partial charge < -0.3 is 29.7 Å². The zero-order valence-electron chi connectivity index (χ0n) is 19.2. The highest BCUT2D eigenvalue weighted by Crippen LogP contribution is 2.25. The van der Waals surface area contributed by atoms with E-state index in [0.717, 1.165) is 51.1 Å². The van der Waals surface area contributed by atoms with Gasteiger partial charge >= 0.3 is 12.2 Å². The topological polar surface area (TPSA) is 111 Å². The van der Waals surface area contributed by atoms with Gasteiger partial charge in [0.2, 0.25) is 0 Å². The van der Waals surface area contributed by atoms with E-state index in [1.54, 1.807) is 0 Å². The minimum Gasteiger partial charge on any atom is -0.444 e. The summed E-state index contributed by atoms with van der Waals surface area (Å²) in [7, 11) is 0. The molecule has 8 heteroatoms. The second-order valence-corrected chi connectivity index (χ2v) is 9.97. The fraction of sp³-hybridized carbons (Fsp3) is 0.818. The maximum Gasteiger partial charge on any atom is 0.407 e. The van der Waals surface area contributed by atoms with E-state index >= 15 is 0 Å². The van der Waals surface area contributed by atoms with Crippen LogP contribution in [0, 0.1) is 11.8 Å². The average molecular weight is 427 g/mol. The average Bonchev–Trinajstić information content (AvgIpc) is 3.20. The number of alkyl carbamates (subject to hydrolysis) is 2. The highest BCUT2D eigenvalue weighted by molar-refractivity contribution is 5.70. The predicted molar refractivity (Wildman–Crippen MR) is 113 cm³/mol. The Labute approximate surface area is 179 Å². The molecule has 0 unspecified atom stereocenters. The van der Waals surface area contributed by atoms with Crippen molar-refractivity contribution in [3.63, 3.8) is 0 Å². The summed E-state index contributed by atoms with van der Waals surface area (Å²) < 4.78 is 10.3. The molecule has 2 amide bonds. The third-order valence-electron chi connectivity index (χ3n) is 4.89. The van der Waals surface area contributed by atoms with Gasteiger partial charge in [0.15, 0.2) is 0 Å². The molecular weight excluding hydrogens is 388 g/mol. The Morgan fingerprint density at radius 3 is 1.30 bits per heavy atom. The van der Waals surface area contributed by atoms with Crippen molar-refractivity contribution in [1.29, 1.82) is 0 Å². The summed E-state index contributed by atoms with van der Waals surface area (Å²) in [6, 6.07) is -0.0882. The number of carbonyl (C=O) groups excluding carboxylic acids is 4. The highest BCUT2D eigenvalue weighted by Gasteiger charge is 2.30. The van der Waals surface area contributed by atoms with E-state index in [0.29, 0.717) is 0 Å². The number of carbonyl (C=O) groups is 4. The SMILES string of the molecule is CC(C)(C)OC(=O)N[C@@H]1CCC[C@H]1C=O.CC(C)(C)OC(=O)N[C@H]1CCC[C@@H]1C=O. The quantitative estimate of drug-likeness (QED) is 0.662. The fourth-order valence-corrected chi connectivity index (χ4v) is 3.58. The largest absolute Gasteiger partial charge is 0.444 e. The van der Waals surface area contributed by atoms with Crippen LogP contribution in [0.3, 0.4) is 0 Å². The molecule has 0 aliphatic heterocycles. The Balaban J connectivity index is 0.000000300. The van der Waals surface area contributed by atoms with Crippen molar-refractivity contribution in [2.24, 2.45) is 11.8 Å². The van der Waals surface area contributed by atoms with Gasteiger partial charge in [0.1, 0.15) is 23.8 Å². The molecule has 0 heterocycles. The van der Waals surface area contributed by atoms with Gasteiger partial charge in [-0.15, -0.1) is 0 Å². The molecule has 0 aromatic carbocycles. The smallest absolute Gasteiger partial charge is 0.407 e. The number of hydrogen-bond acceptors (Lipinski definition) is 6. The van der Waals surface area contributed by atoms with Crippen LogP contribution >= 0.6 is 0 Å². The first-order chi connectivity index (χ1) is 13.8. The Morgan fingerprint density at radius 1 is 0.700 bits per heavy atom. The minimum atomic E-state index is -0.487. The number of rotatable bonds is 4. The molecule has 2 rings (SSSR count). The summed E-state index contributed by atoms with van der Waals surface area (Å²) in [6.07, 6.45) is 6.43. The maximum atomic E-state index is 11.4. The first kappa shape index (κ1) is 25.9. The predicted octanol–water partition coefficient (Wildman–Crippen LogP) is 3.76. The molecule has 2 saturated carbocycles. The van der Waals surface area contributed by atoms with Gasteiger partial charge in [-0.1, -0.05) is 12.8 Å². The number of amides is 2. The molecule has 0 radical (unpaired) electrons. The van der Waals surface area contributed by atoms with Gasteiger partial charge in [-0.05, 0) is 67.2 Å². The van der Waals surface area contributed by atoms with Crippen LogP contribution in [0.15, 0.2) is 0 Å². The maximum absolute atomic E-state index is 11.4. The summed E-state index contributed by atoms with van der Waals surface area (Å²) in [5, 5.41) is 5.49. The van der Waals surface area contributed by atoms with Crippen LogP contribution in [0.25, 0.3) is 0 Å². The minimum absolute atomic E-state index is 0.0440. The normalized spacial score (nSPS) is 26.1. The molecule has 2 fully saturated rings. The molecule has 0 aromatic rings. The molecule has 0 spiro atoms. The van der Waals surface area contributed by atoms with Gasteiger partial charge in [0.25, 0.3) is 0 Å². The van der Waals surface area contributed by atoms with Crippen molar-refractivity contribution >= 4 is 24.8 Å². The van der Waals surface area contributed by atoms with Gasteiger partial charge in [-0.3, -0.25) is 0 Å². The van der Waals surface area contributed by atoms with Crippen LogP contribution in [0.4, 0.5) is 9.59 Å². The Morgan fingerprint density at radius 2 is 1.03 bits per heavy atom. The monoisotopic (exact) mass is 426 g/mol. The van der Waals surface area contributed by atoms with Crippen molar-refractivity contribution in [3.05, 3.63) is 0 Å². The van der Waals surface area contributed by atoms with Crippen molar-refractivity contribution < 1.29 is 28.7 Å². The Kier molecular flexibility index (Phi) is 9.78. The summed E-state index contributed by atoms with van der Waals surface area (Å²) in [4.78, 5) is 44.2. The lowest BCUT2D eigenvalue weighted by Crippen LogP contribution is -2.41. The van der Waals surface area contributed by atoms with Gasteiger partial charge in [0.05, 0.1) is 0 Å². The van der Waals surface area contributed by atoms with Crippen molar-refractivity contribution in [2.75, 3.05) is 0 Å². The molecule has 30 heavy (non-hydrogen) atoms. The van der Waals surface area contributed by atoms with E-state index in [1.807, 2.05) is 41.5 Å². The van der Waals surface area contributed by atoms with E-state index < -0.39 is 23.4 Å². The second kappa shape index (κ2) is 11.3. The van der Waals surface area contributed by atoms with Gasteiger partial charge in [0, 0.05) is 23.9 Å². The van der Waals surface area contributed by atoms with Gasteiger partial charge in [-0.2, -0.15) is 0 Å². The molecule has 8 nitrogen and oxygen atoms in total. The molecule has 4 atom stereocenters. The van der Waals surface area contributed by atoms with E-state index in [4.69, 9.17) is 9.47 Å². The number of hydrogen-bond donors (Lipinski definition) is 2. The summed E-state index contributed by atoms with van der Waals surface area (Å²) in [6.45, 7) is 10.9. The first-order valence-corrected chi connectivity index (χ1v) is 10.7. The van der Waals surface area contributed by atoms with Crippen LogP contribution < -0.4 is 10.6 Å². The molecule has 172 valence electrons. The van der Waals surface area contributed by atoms with Crippen LogP contribution in [-0.2, 0) is 19.1 Å². The van der Waals surface area contributed by atoms with Crippen molar-refractivity contribution in [3.8, 4) is 0 Å². The lowest BCUT2D eigenvalue weighted by atomic mass is 10.1. The third-order valence-corrected chi connectivity index (χ3v) is 4.89. The molecule has 0 aromatic heterocycles. The summed E-state index contributed by atoms with van der Waals surface area (Å²) >= 11 is 0. The standard InChI is InChI=1S/2C11H19NO3/c2*1-11(2,3)15-10(14)12-9-6-4-5-8(9)7-13/h2*7-9H,4-6H2,1-3H3,(H,12,14)/t2*8-,9+/m10/s1. The summed E-state index contributed by atoms with van der Waals surface area (Å²) in [5.74, 6) is -0.0879. The highest BCUT2D eigenvalue weighted by atomic mass is 16.6. The molecule has 2 N–H and O–H groups in total. The lowest BCUT2D eigenvalue weighted by Gasteiger charge is -2.22. The van der Waals surface area contributed by atoms with E-state index in [-0.39, 0.29) is 23.9 Å². The molecule has 2 aliphatic carbocycles. The summed E-state index contributed by atoms with van der Waals surface area (Å²) in [5.41, 5.74) is -0.973. The zero-order chi connectivity index (χ0) is 22.9. The van der Waals surface area contributed by atoms with E-state index in [1.165, 1.54) is 0 Å². The zero-order valence-corrected chi connectivity index (χ0v) is 19.2. The second-order valence-electron chi connectivity index (χ2n) is 9.97. The number of aldehydes is 2. The molecule has 0 saturated heterocycles. The third kappa shape index (κ3) is 10.1. The van der Waals surface area contributed by atoms with Crippen molar-refractivity contribution in [2.45, 2.75) is 103 Å². The number of ether oxygens (including phenoxy) is 2. The lowest BCUT2D eigenvalue weighted by molar-refractivity contribution is -0.112. The van der Waals surface area contributed by atoms with Crippen LogP contribution in [0.1, 0.15) is 80.1 Å². The first-order valence-electron chi connectivity index (χ1n) is 10.7. The Hall–Kier alpha value is -2.12. The van der Waals surface area contributed by atoms with E-state index in [2.05, 4.69) is 10.6 Å². The molecular formula is C22H38N2O6. The fourth-order valence-electron chi connectivity index (χ4n) is 3.58. The van der Waals surface area contributed by atoms with Crippen LogP contribution in [-0.4, -0.2) is 48.0 Å². The number of nitrogens with one attached hydrogen (secondary N) is 2. The van der Waals surface area contributed by atoms with Crippen LogP contribution in [0.5, 0.6) is 0 Å². The molecule has 2 aliphatic rings. The van der Waals surface area contributed by atoms with E-state index in [9.17, 15) is 19.2 Å². The Bertz CT molecular complexity index is 541. The van der Waals surface area contributed by atoms with Gasteiger partial charge in [-0.25, -0.2) is 9.59 Å². The van der Waals surface area contributed by atoms with Crippen molar-refractivity contribution in [1.82, 2.24) is 10.6 Å². The molecule has 0 bridgehead atoms.